The first-order chi connectivity index (χ1) is 7.81. The van der Waals surface area contributed by atoms with E-state index in [2.05, 4.69) is 6.92 Å². The summed E-state index contributed by atoms with van der Waals surface area (Å²) in [4.78, 5) is 0. The monoisotopic (exact) mass is 225 g/mol. The Hall–Kier alpha value is -0.0800. The van der Waals surface area contributed by atoms with Crippen LogP contribution in [0.3, 0.4) is 0 Å². The molecular weight excluding hydrogens is 198 g/mol. The lowest BCUT2D eigenvalue weighted by Gasteiger charge is -2.37. The van der Waals surface area contributed by atoms with Gasteiger partial charge < -0.3 is 10.5 Å². The molecule has 1 heterocycles. The smallest absolute Gasteiger partial charge is 0.0469 e. The molecule has 16 heavy (non-hydrogen) atoms. The number of hydrogen-bond donors (Lipinski definition) is 1. The van der Waals surface area contributed by atoms with Crippen molar-refractivity contribution in [3.63, 3.8) is 0 Å². The summed E-state index contributed by atoms with van der Waals surface area (Å²) in [6.07, 6.45) is 9.32. The predicted molar refractivity (Wildman–Crippen MR) is 67.3 cm³/mol. The third-order valence-electron chi connectivity index (χ3n) is 4.76. The molecule has 1 aliphatic heterocycles. The van der Waals surface area contributed by atoms with Gasteiger partial charge in [-0.05, 0) is 43.4 Å². The van der Waals surface area contributed by atoms with Crippen molar-refractivity contribution >= 4 is 0 Å². The lowest BCUT2D eigenvalue weighted by molar-refractivity contribution is 0.0450. The second kappa shape index (κ2) is 6.02. The third kappa shape index (κ3) is 2.98. The fourth-order valence-corrected chi connectivity index (χ4v) is 3.54. The summed E-state index contributed by atoms with van der Waals surface area (Å²) in [7, 11) is 0. The number of rotatable bonds is 3. The molecule has 0 amide bonds. The topological polar surface area (TPSA) is 35.2 Å². The van der Waals surface area contributed by atoms with E-state index in [9.17, 15) is 0 Å². The highest BCUT2D eigenvalue weighted by Gasteiger charge is 2.31. The van der Waals surface area contributed by atoms with Gasteiger partial charge in [-0.3, -0.25) is 0 Å². The van der Waals surface area contributed by atoms with Gasteiger partial charge in [-0.2, -0.15) is 0 Å². The summed E-state index contributed by atoms with van der Waals surface area (Å²) < 4.78 is 5.42. The maximum Gasteiger partial charge on any atom is 0.0469 e. The van der Waals surface area contributed by atoms with E-state index in [1.165, 1.54) is 44.9 Å². The van der Waals surface area contributed by atoms with Crippen LogP contribution >= 0.6 is 0 Å². The fraction of sp³-hybridized carbons (Fsp3) is 1.00. The molecule has 0 radical (unpaired) electrons. The zero-order valence-corrected chi connectivity index (χ0v) is 10.7. The SMILES string of the molecule is CCC1CCCC(C(N)C2CCOCC2)C1. The minimum absolute atomic E-state index is 0.443. The second-order valence-corrected chi connectivity index (χ2v) is 5.73. The first-order valence-corrected chi connectivity index (χ1v) is 7.14. The van der Waals surface area contributed by atoms with Crippen molar-refractivity contribution in [3.8, 4) is 0 Å². The van der Waals surface area contributed by atoms with E-state index in [-0.39, 0.29) is 0 Å². The van der Waals surface area contributed by atoms with Gasteiger partial charge in [0.1, 0.15) is 0 Å². The molecule has 94 valence electrons. The Kier molecular flexibility index (Phi) is 4.66. The maximum atomic E-state index is 6.48. The maximum absolute atomic E-state index is 6.48. The van der Waals surface area contributed by atoms with Crippen LogP contribution in [0, 0.1) is 17.8 Å². The number of ether oxygens (including phenoxy) is 1. The average Bonchev–Trinajstić information content (AvgIpc) is 2.39. The molecule has 2 nitrogen and oxygen atoms in total. The number of nitrogens with two attached hydrogens (primary N) is 1. The normalized spacial score (nSPS) is 34.9. The Morgan fingerprint density at radius 2 is 1.88 bits per heavy atom. The van der Waals surface area contributed by atoms with E-state index in [1.54, 1.807) is 0 Å². The van der Waals surface area contributed by atoms with E-state index in [0.29, 0.717) is 6.04 Å². The largest absolute Gasteiger partial charge is 0.381 e. The van der Waals surface area contributed by atoms with Crippen LogP contribution in [0.25, 0.3) is 0 Å². The Morgan fingerprint density at radius 1 is 1.12 bits per heavy atom. The fourth-order valence-electron chi connectivity index (χ4n) is 3.54. The summed E-state index contributed by atoms with van der Waals surface area (Å²) in [6, 6.07) is 0.443. The summed E-state index contributed by atoms with van der Waals surface area (Å²) in [5.74, 6) is 2.47. The van der Waals surface area contributed by atoms with Gasteiger partial charge in [0, 0.05) is 19.3 Å². The highest BCUT2D eigenvalue weighted by molar-refractivity contribution is 4.85. The molecule has 2 fully saturated rings. The molecule has 0 aromatic heterocycles. The molecular formula is C14H27NO. The van der Waals surface area contributed by atoms with Crippen molar-refractivity contribution in [3.05, 3.63) is 0 Å². The van der Waals surface area contributed by atoms with E-state index >= 15 is 0 Å². The first-order valence-electron chi connectivity index (χ1n) is 7.14. The van der Waals surface area contributed by atoms with Crippen molar-refractivity contribution in [2.75, 3.05) is 13.2 Å². The minimum atomic E-state index is 0.443. The number of hydrogen-bond acceptors (Lipinski definition) is 2. The van der Waals surface area contributed by atoms with Crippen LogP contribution in [0.5, 0.6) is 0 Å². The van der Waals surface area contributed by atoms with E-state index in [0.717, 1.165) is 31.0 Å². The van der Waals surface area contributed by atoms with Gasteiger partial charge in [0.15, 0.2) is 0 Å². The molecule has 2 N–H and O–H groups in total. The standard InChI is InChI=1S/C14H27NO/c1-2-11-4-3-5-13(10-11)14(15)12-6-8-16-9-7-12/h11-14H,2-10,15H2,1H3. The zero-order valence-electron chi connectivity index (χ0n) is 10.7. The Labute approximate surface area is 99.9 Å². The molecule has 1 saturated heterocycles. The van der Waals surface area contributed by atoms with Crippen LogP contribution in [-0.2, 0) is 4.74 Å². The molecule has 0 aromatic carbocycles. The highest BCUT2D eigenvalue weighted by Crippen LogP contribution is 2.35. The summed E-state index contributed by atoms with van der Waals surface area (Å²) in [5.41, 5.74) is 6.48. The van der Waals surface area contributed by atoms with Crippen LogP contribution in [-0.4, -0.2) is 19.3 Å². The second-order valence-electron chi connectivity index (χ2n) is 5.73. The molecule has 3 unspecified atom stereocenters. The Bertz CT molecular complexity index is 201. The molecule has 2 aliphatic rings. The predicted octanol–water partition coefficient (Wildman–Crippen LogP) is 2.96. The van der Waals surface area contributed by atoms with Crippen LogP contribution in [0.15, 0.2) is 0 Å². The van der Waals surface area contributed by atoms with Crippen molar-refractivity contribution in [2.45, 2.75) is 57.9 Å². The van der Waals surface area contributed by atoms with Crippen LogP contribution in [0.1, 0.15) is 51.9 Å². The Morgan fingerprint density at radius 3 is 2.56 bits per heavy atom. The van der Waals surface area contributed by atoms with Gasteiger partial charge >= 0.3 is 0 Å². The van der Waals surface area contributed by atoms with Crippen molar-refractivity contribution in [1.29, 1.82) is 0 Å². The Balaban J connectivity index is 1.84. The van der Waals surface area contributed by atoms with E-state index in [1.807, 2.05) is 0 Å². The van der Waals surface area contributed by atoms with Crippen molar-refractivity contribution < 1.29 is 4.74 Å². The van der Waals surface area contributed by atoms with Gasteiger partial charge in [0.25, 0.3) is 0 Å². The van der Waals surface area contributed by atoms with Gasteiger partial charge in [-0.25, -0.2) is 0 Å². The molecule has 0 spiro atoms. The van der Waals surface area contributed by atoms with Gasteiger partial charge in [-0.1, -0.05) is 26.2 Å². The highest BCUT2D eigenvalue weighted by atomic mass is 16.5. The lowest BCUT2D eigenvalue weighted by Crippen LogP contribution is -2.42. The molecule has 2 heteroatoms. The summed E-state index contributed by atoms with van der Waals surface area (Å²) >= 11 is 0. The molecule has 0 aromatic rings. The van der Waals surface area contributed by atoms with Crippen molar-refractivity contribution in [1.82, 2.24) is 0 Å². The van der Waals surface area contributed by atoms with Gasteiger partial charge in [0.2, 0.25) is 0 Å². The first kappa shape index (κ1) is 12.4. The quantitative estimate of drug-likeness (QED) is 0.801. The van der Waals surface area contributed by atoms with E-state index in [4.69, 9.17) is 10.5 Å². The lowest BCUT2D eigenvalue weighted by atomic mass is 9.72. The molecule has 0 bridgehead atoms. The van der Waals surface area contributed by atoms with Gasteiger partial charge in [-0.15, -0.1) is 0 Å². The molecule has 1 saturated carbocycles. The summed E-state index contributed by atoms with van der Waals surface area (Å²) in [5, 5.41) is 0. The molecule has 3 atom stereocenters. The molecule has 2 rings (SSSR count). The molecule has 1 aliphatic carbocycles. The minimum Gasteiger partial charge on any atom is -0.381 e. The zero-order chi connectivity index (χ0) is 11.4. The van der Waals surface area contributed by atoms with E-state index < -0.39 is 0 Å². The van der Waals surface area contributed by atoms with Crippen LogP contribution in [0.2, 0.25) is 0 Å². The van der Waals surface area contributed by atoms with Gasteiger partial charge in [0.05, 0.1) is 0 Å². The van der Waals surface area contributed by atoms with Crippen LogP contribution < -0.4 is 5.73 Å². The van der Waals surface area contributed by atoms with Crippen molar-refractivity contribution in [2.24, 2.45) is 23.5 Å². The third-order valence-corrected chi connectivity index (χ3v) is 4.76. The average molecular weight is 225 g/mol. The summed E-state index contributed by atoms with van der Waals surface area (Å²) in [6.45, 7) is 4.19. The van der Waals surface area contributed by atoms with Crippen LogP contribution in [0.4, 0.5) is 0 Å².